The second-order valence-electron chi connectivity index (χ2n) is 5.89. The number of halogens is 1. The molecule has 1 fully saturated rings. The fourth-order valence-corrected chi connectivity index (χ4v) is 2.97. The summed E-state index contributed by atoms with van der Waals surface area (Å²) < 4.78 is 5.25. The highest BCUT2D eigenvalue weighted by atomic mass is 35.5. The molecule has 1 aliphatic rings. The van der Waals surface area contributed by atoms with Crippen LogP contribution in [-0.4, -0.2) is 55.0 Å². The predicted molar refractivity (Wildman–Crippen MR) is 94.7 cm³/mol. The van der Waals surface area contributed by atoms with Crippen LogP contribution in [0.3, 0.4) is 0 Å². The van der Waals surface area contributed by atoms with Crippen molar-refractivity contribution in [2.45, 2.75) is 32.2 Å². The van der Waals surface area contributed by atoms with Crippen molar-refractivity contribution in [2.24, 2.45) is 0 Å². The number of carbonyl (C=O) groups excluding carboxylic acids is 2. The maximum absolute atomic E-state index is 12.7. The van der Waals surface area contributed by atoms with Gasteiger partial charge in [-0.25, -0.2) is 4.79 Å². The molecule has 7 heteroatoms. The van der Waals surface area contributed by atoms with E-state index in [1.165, 1.54) is 7.11 Å². The monoisotopic (exact) mass is 353 g/mol. The molecular formula is C17H24ClN3O3. The molecule has 3 amide bonds. The summed E-state index contributed by atoms with van der Waals surface area (Å²) in [5.41, 5.74) is 0.496. The first-order valence-electron chi connectivity index (χ1n) is 8.14. The van der Waals surface area contributed by atoms with E-state index in [9.17, 15) is 9.59 Å². The summed E-state index contributed by atoms with van der Waals surface area (Å²) in [7, 11) is 3.30. The average Bonchev–Trinajstić information content (AvgIpc) is 2.56. The first-order valence-corrected chi connectivity index (χ1v) is 8.51. The molecule has 6 nitrogen and oxygen atoms in total. The van der Waals surface area contributed by atoms with E-state index >= 15 is 0 Å². The number of piperazine rings is 1. The molecule has 0 saturated carbocycles. The summed E-state index contributed by atoms with van der Waals surface area (Å²) in [4.78, 5) is 28.4. The Bertz CT molecular complexity index is 609. The molecule has 1 aromatic carbocycles. The minimum Gasteiger partial charge on any atom is -0.495 e. The Morgan fingerprint density at radius 1 is 1.42 bits per heavy atom. The van der Waals surface area contributed by atoms with E-state index < -0.39 is 6.04 Å². The van der Waals surface area contributed by atoms with Crippen LogP contribution in [0, 0.1) is 0 Å². The third-order valence-corrected chi connectivity index (χ3v) is 4.44. The minimum absolute atomic E-state index is 0.0112. The van der Waals surface area contributed by atoms with Crippen LogP contribution in [0.5, 0.6) is 5.75 Å². The van der Waals surface area contributed by atoms with Crippen LogP contribution in [-0.2, 0) is 4.79 Å². The molecule has 1 aliphatic heterocycles. The van der Waals surface area contributed by atoms with E-state index in [0.29, 0.717) is 36.0 Å². The van der Waals surface area contributed by atoms with Gasteiger partial charge in [-0.05, 0) is 24.6 Å². The first kappa shape index (κ1) is 18.4. The predicted octanol–water partition coefficient (Wildman–Crippen LogP) is 3.21. The van der Waals surface area contributed by atoms with Gasteiger partial charge in [0.05, 0.1) is 12.8 Å². The van der Waals surface area contributed by atoms with Gasteiger partial charge in [-0.15, -0.1) is 0 Å². The standard InChI is InChI=1S/C17H24ClN3O3/c1-4-5-6-14-16(22)20(2)9-10-21(14)17(23)19-13-11-12(18)7-8-15(13)24-3/h7-8,11,14H,4-6,9-10H2,1-3H3,(H,19,23)/t14-/m0/s1. The zero-order chi connectivity index (χ0) is 17.7. The Kier molecular flexibility index (Phi) is 6.31. The molecule has 0 aromatic heterocycles. The zero-order valence-electron chi connectivity index (χ0n) is 14.3. The highest BCUT2D eigenvalue weighted by Crippen LogP contribution is 2.28. The third-order valence-electron chi connectivity index (χ3n) is 4.21. The molecule has 1 atom stereocenters. The summed E-state index contributed by atoms with van der Waals surface area (Å²) in [5.74, 6) is 0.515. The number of ether oxygens (including phenoxy) is 1. The topological polar surface area (TPSA) is 61.9 Å². The Morgan fingerprint density at radius 2 is 2.17 bits per heavy atom. The van der Waals surface area contributed by atoms with E-state index in [1.807, 2.05) is 0 Å². The van der Waals surface area contributed by atoms with Crippen molar-refractivity contribution in [3.8, 4) is 5.75 Å². The summed E-state index contributed by atoms with van der Waals surface area (Å²) >= 11 is 6.00. The second kappa shape index (κ2) is 8.24. The van der Waals surface area contributed by atoms with Gasteiger partial charge in [-0.3, -0.25) is 4.79 Å². The van der Waals surface area contributed by atoms with Gasteiger partial charge in [0.15, 0.2) is 0 Å². The minimum atomic E-state index is -0.422. The second-order valence-corrected chi connectivity index (χ2v) is 6.32. The fourth-order valence-electron chi connectivity index (χ4n) is 2.80. The van der Waals surface area contributed by atoms with Crippen LogP contribution < -0.4 is 10.1 Å². The lowest BCUT2D eigenvalue weighted by atomic mass is 10.0. The first-order chi connectivity index (χ1) is 11.5. The van der Waals surface area contributed by atoms with Crippen molar-refractivity contribution < 1.29 is 14.3 Å². The number of carbonyl (C=O) groups is 2. The number of nitrogens with one attached hydrogen (secondary N) is 1. The normalized spacial score (nSPS) is 17.8. The van der Waals surface area contributed by atoms with E-state index in [4.69, 9.17) is 16.3 Å². The number of hydrogen-bond acceptors (Lipinski definition) is 3. The van der Waals surface area contributed by atoms with Gasteiger partial charge < -0.3 is 19.9 Å². The van der Waals surface area contributed by atoms with Gasteiger partial charge in [0, 0.05) is 25.2 Å². The SMILES string of the molecule is CCCC[C@H]1C(=O)N(C)CCN1C(=O)Nc1cc(Cl)ccc1OC. The highest BCUT2D eigenvalue weighted by Gasteiger charge is 2.35. The van der Waals surface area contributed by atoms with Crippen molar-refractivity contribution in [3.63, 3.8) is 0 Å². The fraction of sp³-hybridized carbons (Fsp3) is 0.529. The smallest absolute Gasteiger partial charge is 0.322 e. The van der Waals surface area contributed by atoms with Gasteiger partial charge in [0.25, 0.3) is 0 Å². The van der Waals surface area contributed by atoms with Crippen LogP contribution in [0.2, 0.25) is 5.02 Å². The molecule has 1 saturated heterocycles. The molecule has 1 heterocycles. The molecule has 0 unspecified atom stereocenters. The van der Waals surface area contributed by atoms with E-state index in [-0.39, 0.29) is 11.9 Å². The summed E-state index contributed by atoms with van der Waals surface area (Å²) in [6.45, 7) is 3.10. The third kappa shape index (κ3) is 4.12. The van der Waals surface area contributed by atoms with E-state index in [0.717, 1.165) is 12.8 Å². The molecule has 1 N–H and O–H groups in total. The Balaban J connectivity index is 2.17. The van der Waals surface area contributed by atoms with Crippen LogP contribution >= 0.6 is 11.6 Å². The molecular weight excluding hydrogens is 330 g/mol. The number of rotatable bonds is 5. The van der Waals surface area contributed by atoms with Gasteiger partial charge in [0.1, 0.15) is 11.8 Å². The summed E-state index contributed by atoms with van der Waals surface area (Å²) in [6, 6.07) is 4.30. The number of nitrogens with zero attached hydrogens (tertiary/aromatic N) is 2. The molecule has 0 spiro atoms. The lowest BCUT2D eigenvalue weighted by molar-refractivity contribution is -0.138. The Labute approximate surface area is 147 Å². The number of methoxy groups -OCH3 is 1. The summed E-state index contributed by atoms with van der Waals surface area (Å²) in [5, 5.41) is 3.32. The van der Waals surface area contributed by atoms with E-state index in [2.05, 4.69) is 12.2 Å². The van der Waals surface area contributed by atoms with Crippen molar-refractivity contribution in [1.29, 1.82) is 0 Å². The quantitative estimate of drug-likeness (QED) is 0.884. The maximum atomic E-state index is 12.7. The molecule has 132 valence electrons. The molecule has 0 radical (unpaired) electrons. The van der Waals surface area contributed by atoms with Crippen molar-refractivity contribution in [1.82, 2.24) is 9.80 Å². The molecule has 1 aromatic rings. The van der Waals surface area contributed by atoms with Gasteiger partial charge in [-0.2, -0.15) is 0 Å². The van der Waals surface area contributed by atoms with Crippen LogP contribution in [0.15, 0.2) is 18.2 Å². The largest absolute Gasteiger partial charge is 0.495 e. The molecule has 0 bridgehead atoms. The lowest BCUT2D eigenvalue weighted by Crippen LogP contribution is -2.58. The average molecular weight is 354 g/mol. The Morgan fingerprint density at radius 3 is 2.83 bits per heavy atom. The lowest BCUT2D eigenvalue weighted by Gasteiger charge is -2.39. The van der Waals surface area contributed by atoms with Crippen LogP contribution in [0.25, 0.3) is 0 Å². The van der Waals surface area contributed by atoms with Crippen molar-refractivity contribution >= 4 is 29.2 Å². The van der Waals surface area contributed by atoms with Gasteiger partial charge >= 0.3 is 6.03 Å². The number of anilines is 1. The van der Waals surface area contributed by atoms with Crippen LogP contribution in [0.4, 0.5) is 10.5 Å². The number of urea groups is 1. The molecule has 24 heavy (non-hydrogen) atoms. The van der Waals surface area contributed by atoms with Gasteiger partial charge in [0.2, 0.25) is 5.91 Å². The highest BCUT2D eigenvalue weighted by molar-refractivity contribution is 6.31. The zero-order valence-corrected chi connectivity index (χ0v) is 15.1. The van der Waals surface area contributed by atoms with Crippen molar-refractivity contribution in [2.75, 3.05) is 32.6 Å². The Hall–Kier alpha value is -1.95. The molecule has 2 rings (SSSR count). The number of likely N-dealkylation sites (N-methyl/N-ethyl adjacent to an activating group) is 1. The number of unbranched alkanes of at least 4 members (excludes halogenated alkanes) is 1. The number of hydrogen-bond donors (Lipinski definition) is 1. The van der Waals surface area contributed by atoms with Gasteiger partial charge in [-0.1, -0.05) is 31.4 Å². The number of benzene rings is 1. The maximum Gasteiger partial charge on any atom is 0.322 e. The van der Waals surface area contributed by atoms with E-state index in [1.54, 1.807) is 35.0 Å². The number of amides is 3. The molecule has 0 aliphatic carbocycles. The van der Waals surface area contributed by atoms with Crippen molar-refractivity contribution in [3.05, 3.63) is 23.2 Å². The van der Waals surface area contributed by atoms with Crippen LogP contribution in [0.1, 0.15) is 26.2 Å². The summed E-state index contributed by atoms with van der Waals surface area (Å²) in [6.07, 6.45) is 2.54.